The summed E-state index contributed by atoms with van der Waals surface area (Å²) in [6.45, 7) is 5.85. The van der Waals surface area contributed by atoms with Gasteiger partial charge < -0.3 is 4.74 Å². The third-order valence-electron chi connectivity index (χ3n) is 2.09. The summed E-state index contributed by atoms with van der Waals surface area (Å²) in [6, 6.07) is 5.27. The van der Waals surface area contributed by atoms with E-state index in [1.54, 1.807) is 12.1 Å². The van der Waals surface area contributed by atoms with Gasteiger partial charge in [0.2, 0.25) is 0 Å². The van der Waals surface area contributed by atoms with Crippen molar-refractivity contribution in [2.24, 2.45) is 5.11 Å². The van der Waals surface area contributed by atoms with Gasteiger partial charge in [-0.25, -0.2) is 5.53 Å². The average molecular weight is 220 g/mol. The van der Waals surface area contributed by atoms with Crippen molar-refractivity contribution in [3.63, 3.8) is 0 Å². The monoisotopic (exact) mass is 220 g/mol. The van der Waals surface area contributed by atoms with Crippen molar-refractivity contribution in [1.29, 1.82) is 5.53 Å². The Morgan fingerprint density at radius 1 is 1.44 bits per heavy atom. The van der Waals surface area contributed by atoms with Gasteiger partial charge in [0.05, 0.1) is 6.10 Å². The Balaban J connectivity index is 3.10. The molecule has 4 nitrogen and oxygen atoms in total. The van der Waals surface area contributed by atoms with Crippen molar-refractivity contribution in [2.45, 2.75) is 33.3 Å². The number of hydrogen-bond donors (Lipinski definition) is 1. The highest BCUT2D eigenvalue weighted by Gasteiger charge is 2.08. The van der Waals surface area contributed by atoms with Crippen molar-refractivity contribution in [2.75, 3.05) is 0 Å². The van der Waals surface area contributed by atoms with E-state index in [0.29, 0.717) is 11.3 Å². The minimum Gasteiger partial charge on any atom is -0.491 e. The Morgan fingerprint density at radius 2 is 2.12 bits per heavy atom. The highest BCUT2D eigenvalue weighted by molar-refractivity contribution is 5.94. The summed E-state index contributed by atoms with van der Waals surface area (Å²) in [6.07, 6.45) is 0.871. The Bertz CT molecular complexity index is 400. The molecule has 4 heteroatoms. The third-order valence-corrected chi connectivity index (χ3v) is 2.09. The molecule has 1 aromatic rings. The van der Waals surface area contributed by atoms with E-state index in [9.17, 15) is 4.79 Å². The molecular weight excluding hydrogens is 204 g/mol. The van der Waals surface area contributed by atoms with Crippen LogP contribution in [0.5, 0.6) is 5.75 Å². The number of nitrogens with zero attached hydrogens (tertiary/aromatic N) is 1. The van der Waals surface area contributed by atoms with Gasteiger partial charge in [-0.3, -0.25) is 4.79 Å². The minimum atomic E-state index is -0.538. The molecule has 0 atom stereocenters. The smallest absolute Gasteiger partial charge is 0.294 e. The van der Waals surface area contributed by atoms with E-state index in [2.05, 4.69) is 5.11 Å². The molecule has 16 heavy (non-hydrogen) atoms. The van der Waals surface area contributed by atoms with E-state index in [-0.39, 0.29) is 6.10 Å². The summed E-state index contributed by atoms with van der Waals surface area (Å²) in [5.41, 5.74) is 8.13. The molecule has 0 unspecified atom stereocenters. The van der Waals surface area contributed by atoms with Gasteiger partial charge in [-0.2, -0.15) is 0 Å². The molecule has 0 spiro atoms. The highest BCUT2D eigenvalue weighted by atomic mass is 16.5. The zero-order chi connectivity index (χ0) is 12.1. The van der Waals surface area contributed by atoms with Crippen LogP contribution in [0, 0.1) is 5.53 Å². The largest absolute Gasteiger partial charge is 0.491 e. The van der Waals surface area contributed by atoms with Gasteiger partial charge in [0, 0.05) is 5.56 Å². The summed E-state index contributed by atoms with van der Waals surface area (Å²) < 4.78 is 5.54. The Kier molecular flexibility index (Phi) is 4.17. The van der Waals surface area contributed by atoms with Crippen LogP contribution in [0.2, 0.25) is 0 Å². The second-order valence-corrected chi connectivity index (χ2v) is 3.80. The second-order valence-electron chi connectivity index (χ2n) is 3.80. The normalized spacial score (nSPS) is 10.2. The van der Waals surface area contributed by atoms with Crippen LogP contribution in [0.3, 0.4) is 0 Å². The number of aryl methyl sites for hydroxylation is 1. The molecule has 0 aliphatic rings. The van der Waals surface area contributed by atoms with Crippen LogP contribution in [0.15, 0.2) is 23.3 Å². The molecule has 86 valence electrons. The van der Waals surface area contributed by atoms with Crippen molar-refractivity contribution >= 4 is 5.91 Å². The quantitative estimate of drug-likeness (QED) is 0.792. The predicted octanol–water partition coefficient (Wildman–Crippen LogP) is 3.21. The van der Waals surface area contributed by atoms with Crippen LogP contribution in [-0.2, 0) is 6.42 Å². The van der Waals surface area contributed by atoms with Gasteiger partial charge in [0.15, 0.2) is 0 Å². The second kappa shape index (κ2) is 5.39. The van der Waals surface area contributed by atoms with Crippen LogP contribution in [-0.4, -0.2) is 12.0 Å². The third kappa shape index (κ3) is 3.15. The fraction of sp³-hybridized carbons (Fsp3) is 0.417. The molecule has 0 saturated heterocycles. The van der Waals surface area contributed by atoms with Gasteiger partial charge in [0.25, 0.3) is 5.91 Å². The lowest BCUT2D eigenvalue weighted by Gasteiger charge is -2.11. The lowest BCUT2D eigenvalue weighted by molar-refractivity contribution is 0.0990. The number of ether oxygens (including phenoxy) is 1. The van der Waals surface area contributed by atoms with Crippen LogP contribution in [0.4, 0.5) is 0 Å². The maximum Gasteiger partial charge on any atom is 0.294 e. The first-order valence-electron chi connectivity index (χ1n) is 5.29. The van der Waals surface area contributed by atoms with Crippen molar-refractivity contribution in [3.8, 4) is 5.75 Å². The Hall–Kier alpha value is -1.71. The molecule has 1 aromatic carbocycles. The highest BCUT2D eigenvalue weighted by Crippen LogP contribution is 2.19. The molecule has 0 heterocycles. The molecule has 1 amide bonds. The molecule has 0 aliphatic heterocycles. The van der Waals surface area contributed by atoms with Crippen molar-refractivity contribution in [3.05, 3.63) is 29.3 Å². The molecule has 0 saturated carbocycles. The standard InChI is InChI=1S/C12H16N2O2/c1-4-9-5-10(12(15)14-13)7-11(6-9)16-8(2)3/h5-8,13H,4H2,1-3H3. The number of nitrogens with one attached hydrogen (secondary N) is 1. The summed E-state index contributed by atoms with van der Waals surface area (Å²) in [4.78, 5) is 11.3. The fourth-order valence-electron chi connectivity index (χ4n) is 1.39. The Morgan fingerprint density at radius 3 is 2.62 bits per heavy atom. The number of carbonyl (C=O) groups excluding carboxylic acids is 1. The van der Waals surface area contributed by atoms with Crippen LogP contribution < -0.4 is 4.74 Å². The maximum atomic E-state index is 11.3. The number of rotatable bonds is 4. The number of benzene rings is 1. The zero-order valence-electron chi connectivity index (χ0n) is 9.78. The number of hydrogen-bond acceptors (Lipinski definition) is 3. The van der Waals surface area contributed by atoms with E-state index >= 15 is 0 Å². The molecule has 0 aliphatic carbocycles. The van der Waals surface area contributed by atoms with Crippen molar-refractivity contribution in [1.82, 2.24) is 0 Å². The molecule has 1 rings (SSSR count). The average Bonchev–Trinajstić information content (AvgIpc) is 2.26. The lowest BCUT2D eigenvalue weighted by Crippen LogP contribution is -2.07. The van der Waals surface area contributed by atoms with E-state index in [0.717, 1.165) is 12.0 Å². The van der Waals surface area contributed by atoms with Crippen LogP contribution in [0.1, 0.15) is 36.7 Å². The predicted molar refractivity (Wildman–Crippen MR) is 61.1 cm³/mol. The Labute approximate surface area is 95.1 Å². The fourth-order valence-corrected chi connectivity index (χ4v) is 1.39. The maximum absolute atomic E-state index is 11.3. The van der Waals surface area contributed by atoms with Crippen LogP contribution in [0.25, 0.3) is 0 Å². The molecule has 0 fully saturated rings. The summed E-state index contributed by atoms with van der Waals surface area (Å²) in [5.74, 6) is 0.116. The molecule has 1 N–H and O–H groups in total. The first-order valence-corrected chi connectivity index (χ1v) is 5.29. The van der Waals surface area contributed by atoms with E-state index in [4.69, 9.17) is 10.3 Å². The molecule has 0 bridgehead atoms. The first-order chi connectivity index (χ1) is 7.56. The van der Waals surface area contributed by atoms with Gasteiger partial charge in [0.1, 0.15) is 5.75 Å². The number of amides is 1. The SMILES string of the molecule is CCc1cc(OC(C)C)cc(C(=O)N=N)c1. The molecule has 0 aromatic heterocycles. The van der Waals surface area contributed by atoms with E-state index < -0.39 is 5.91 Å². The topological polar surface area (TPSA) is 62.5 Å². The van der Waals surface area contributed by atoms with E-state index in [1.165, 1.54) is 0 Å². The molecular formula is C12H16N2O2. The van der Waals surface area contributed by atoms with Crippen LogP contribution >= 0.6 is 0 Å². The summed E-state index contributed by atoms with van der Waals surface area (Å²) in [5, 5.41) is 2.91. The van der Waals surface area contributed by atoms with Crippen molar-refractivity contribution < 1.29 is 9.53 Å². The zero-order valence-corrected chi connectivity index (χ0v) is 9.78. The van der Waals surface area contributed by atoms with Gasteiger partial charge in [-0.1, -0.05) is 6.92 Å². The number of carbonyl (C=O) groups is 1. The molecule has 0 radical (unpaired) electrons. The van der Waals surface area contributed by atoms with Gasteiger partial charge in [-0.15, -0.1) is 5.11 Å². The summed E-state index contributed by atoms with van der Waals surface area (Å²) in [7, 11) is 0. The first kappa shape index (κ1) is 12.4. The lowest BCUT2D eigenvalue weighted by atomic mass is 10.1. The van der Waals surface area contributed by atoms with Gasteiger partial charge in [-0.05, 0) is 44.0 Å². The van der Waals surface area contributed by atoms with E-state index in [1.807, 2.05) is 26.8 Å². The van der Waals surface area contributed by atoms with Gasteiger partial charge >= 0.3 is 0 Å². The minimum absolute atomic E-state index is 0.0583. The summed E-state index contributed by atoms with van der Waals surface area (Å²) >= 11 is 0.